The van der Waals surface area contributed by atoms with Crippen LogP contribution in [0.5, 0.6) is 0 Å². The van der Waals surface area contributed by atoms with Crippen LogP contribution in [0.15, 0.2) is 18.2 Å². The third-order valence-electron chi connectivity index (χ3n) is 1.58. The quantitative estimate of drug-likeness (QED) is 0.777. The Morgan fingerprint density at radius 3 is 2.57 bits per heavy atom. The zero-order valence-corrected chi connectivity index (χ0v) is 9.06. The van der Waals surface area contributed by atoms with Gasteiger partial charge < -0.3 is 0 Å². The maximum atomic E-state index is 11.0. The standard InChI is InChI=1S/C9H8ClNO2S/c1-14(12,13)6-7-2-3-8(5-11)9(10)4-7/h2-4H,6H2,1H3. The largest absolute Gasteiger partial charge is 0.229 e. The maximum absolute atomic E-state index is 11.0. The Kier molecular flexibility index (Phi) is 3.14. The lowest BCUT2D eigenvalue weighted by Gasteiger charge is -2.00. The summed E-state index contributed by atoms with van der Waals surface area (Å²) in [5, 5.41) is 8.87. The minimum absolute atomic E-state index is 0.0571. The van der Waals surface area contributed by atoms with Gasteiger partial charge in [0.2, 0.25) is 0 Å². The molecule has 0 radical (unpaired) electrons. The van der Waals surface area contributed by atoms with Crippen LogP contribution in [-0.4, -0.2) is 14.7 Å². The molecule has 0 aliphatic carbocycles. The highest BCUT2D eigenvalue weighted by atomic mass is 35.5. The number of sulfone groups is 1. The molecule has 1 rings (SSSR count). The maximum Gasteiger partial charge on any atom is 0.151 e. The van der Waals surface area contributed by atoms with E-state index in [1.165, 1.54) is 12.1 Å². The number of hydrogen-bond donors (Lipinski definition) is 0. The van der Waals surface area contributed by atoms with E-state index in [2.05, 4.69) is 0 Å². The van der Waals surface area contributed by atoms with Crippen molar-refractivity contribution in [1.82, 2.24) is 0 Å². The van der Waals surface area contributed by atoms with Crippen molar-refractivity contribution >= 4 is 21.4 Å². The molecule has 1 aromatic carbocycles. The monoisotopic (exact) mass is 229 g/mol. The van der Waals surface area contributed by atoms with Gasteiger partial charge in [0, 0.05) is 6.26 Å². The van der Waals surface area contributed by atoms with Gasteiger partial charge in [-0.15, -0.1) is 0 Å². The number of benzene rings is 1. The Hall–Kier alpha value is -1.05. The highest BCUT2D eigenvalue weighted by Gasteiger charge is 2.06. The lowest BCUT2D eigenvalue weighted by molar-refractivity contribution is 0.601. The SMILES string of the molecule is CS(=O)(=O)Cc1ccc(C#N)c(Cl)c1. The van der Waals surface area contributed by atoms with E-state index in [9.17, 15) is 8.42 Å². The van der Waals surface area contributed by atoms with E-state index in [0.29, 0.717) is 11.1 Å². The summed E-state index contributed by atoms with van der Waals surface area (Å²) < 4.78 is 21.9. The molecule has 0 spiro atoms. The van der Waals surface area contributed by atoms with Gasteiger partial charge in [-0.1, -0.05) is 17.7 Å². The Labute approximate surface area is 87.8 Å². The summed E-state index contributed by atoms with van der Waals surface area (Å²) in [6, 6.07) is 6.51. The summed E-state index contributed by atoms with van der Waals surface area (Å²) in [4.78, 5) is 0. The van der Waals surface area contributed by atoms with Gasteiger partial charge in [0.15, 0.2) is 9.84 Å². The molecule has 0 amide bonds. The molecule has 5 heteroatoms. The lowest BCUT2D eigenvalue weighted by Crippen LogP contribution is -2.00. The van der Waals surface area contributed by atoms with Crippen LogP contribution in [0.25, 0.3) is 0 Å². The number of nitriles is 1. The number of hydrogen-bond acceptors (Lipinski definition) is 3. The Bertz CT molecular complexity index is 488. The molecule has 0 unspecified atom stereocenters. The molecule has 1 aromatic rings. The van der Waals surface area contributed by atoms with Crippen LogP contribution in [0.4, 0.5) is 0 Å². The first-order valence-corrected chi connectivity index (χ1v) is 6.22. The third kappa shape index (κ3) is 3.02. The smallest absolute Gasteiger partial charge is 0.151 e. The van der Waals surface area contributed by atoms with E-state index in [1.54, 1.807) is 6.07 Å². The first-order chi connectivity index (χ1) is 6.42. The first kappa shape index (κ1) is 11.0. The average Bonchev–Trinajstić information content (AvgIpc) is 2.01. The van der Waals surface area contributed by atoms with Gasteiger partial charge in [0.25, 0.3) is 0 Å². The highest BCUT2D eigenvalue weighted by molar-refractivity contribution is 7.89. The molecule has 0 aliphatic heterocycles. The van der Waals surface area contributed by atoms with E-state index in [1.807, 2.05) is 6.07 Å². The highest BCUT2D eigenvalue weighted by Crippen LogP contribution is 2.18. The molecule has 14 heavy (non-hydrogen) atoms. The van der Waals surface area contributed by atoms with Crippen LogP contribution in [0.1, 0.15) is 11.1 Å². The molecule has 0 atom stereocenters. The van der Waals surface area contributed by atoms with Crippen LogP contribution in [0.2, 0.25) is 5.02 Å². The van der Waals surface area contributed by atoms with Gasteiger partial charge >= 0.3 is 0 Å². The van der Waals surface area contributed by atoms with Crippen LogP contribution >= 0.6 is 11.6 Å². The molecule has 74 valence electrons. The Morgan fingerprint density at radius 1 is 1.50 bits per heavy atom. The molecule has 0 saturated carbocycles. The second kappa shape index (κ2) is 3.99. The van der Waals surface area contributed by atoms with Crippen molar-refractivity contribution in [1.29, 1.82) is 5.26 Å². The minimum Gasteiger partial charge on any atom is -0.229 e. The van der Waals surface area contributed by atoms with Crippen molar-refractivity contribution in [2.24, 2.45) is 0 Å². The second-order valence-electron chi connectivity index (χ2n) is 3.00. The fraction of sp³-hybridized carbons (Fsp3) is 0.222. The Morgan fingerprint density at radius 2 is 2.14 bits per heavy atom. The number of nitrogens with zero attached hydrogens (tertiary/aromatic N) is 1. The topological polar surface area (TPSA) is 57.9 Å². The molecule has 0 N–H and O–H groups in total. The van der Waals surface area contributed by atoms with E-state index >= 15 is 0 Å². The second-order valence-corrected chi connectivity index (χ2v) is 5.54. The van der Waals surface area contributed by atoms with Crippen molar-refractivity contribution in [3.63, 3.8) is 0 Å². The summed E-state index contributed by atoms with van der Waals surface area (Å²) in [5.74, 6) is -0.0571. The third-order valence-corrected chi connectivity index (χ3v) is 2.75. The van der Waals surface area contributed by atoms with Crippen LogP contribution in [-0.2, 0) is 15.6 Å². The zero-order chi connectivity index (χ0) is 10.8. The molecule has 0 aliphatic rings. The summed E-state index contributed by atoms with van der Waals surface area (Å²) in [6.07, 6.45) is 1.15. The van der Waals surface area contributed by atoms with Gasteiger partial charge in [0.05, 0.1) is 16.3 Å². The predicted octanol–water partition coefficient (Wildman–Crippen LogP) is 1.76. The summed E-state index contributed by atoms with van der Waals surface area (Å²) in [6.45, 7) is 0. The van der Waals surface area contributed by atoms with E-state index < -0.39 is 9.84 Å². The van der Waals surface area contributed by atoms with Crippen LogP contribution in [0.3, 0.4) is 0 Å². The van der Waals surface area contributed by atoms with Gasteiger partial charge in [0.1, 0.15) is 6.07 Å². The van der Waals surface area contributed by atoms with Gasteiger partial charge in [-0.3, -0.25) is 0 Å². The number of halogens is 1. The van der Waals surface area contributed by atoms with Crippen molar-refractivity contribution < 1.29 is 8.42 Å². The van der Waals surface area contributed by atoms with Crippen molar-refractivity contribution in [2.75, 3.05) is 6.26 Å². The fourth-order valence-corrected chi connectivity index (χ4v) is 2.07. The van der Waals surface area contributed by atoms with Crippen molar-refractivity contribution in [3.05, 3.63) is 34.3 Å². The zero-order valence-electron chi connectivity index (χ0n) is 7.49. The molecule has 3 nitrogen and oxygen atoms in total. The normalized spacial score (nSPS) is 10.9. The minimum atomic E-state index is -3.06. The Balaban J connectivity index is 3.06. The fourth-order valence-electron chi connectivity index (χ4n) is 1.04. The molecular formula is C9H8ClNO2S. The number of rotatable bonds is 2. The van der Waals surface area contributed by atoms with E-state index in [0.717, 1.165) is 6.26 Å². The molecule has 0 saturated heterocycles. The van der Waals surface area contributed by atoms with Crippen molar-refractivity contribution in [2.45, 2.75) is 5.75 Å². The predicted molar refractivity (Wildman–Crippen MR) is 54.7 cm³/mol. The summed E-state index contributed by atoms with van der Waals surface area (Å²) in [7, 11) is -3.06. The van der Waals surface area contributed by atoms with Gasteiger partial charge in [-0.05, 0) is 17.7 Å². The molecular weight excluding hydrogens is 222 g/mol. The van der Waals surface area contributed by atoms with Crippen LogP contribution < -0.4 is 0 Å². The van der Waals surface area contributed by atoms with E-state index in [4.69, 9.17) is 16.9 Å². The van der Waals surface area contributed by atoms with Gasteiger partial charge in [-0.25, -0.2) is 8.42 Å². The molecule has 0 heterocycles. The molecule has 0 fully saturated rings. The van der Waals surface area contributed by atoms with Crippen LogP contribution in [0, 0.1) is 11.3 Å². The summed E-state index contributed by atoms with van der Waals surface area (Å²) in [5.41, 5.74) is 0.945. The molecule has 0 bridgehead atoms. The lowest BCUT2D eigenvalue weighted by atomic mass is 10.2. The van der Waals surface area contributed by atoms with Gasteiger partial charge in [-0.2, -0.15) is 5.26 Å². The average molecular weight is 230 g/mol. The molecule has 0 aromatic heterocycles. The summed E-state index contributed by atoms with van der Waals surface area (Å²) >= 11 is 5.74. The van der Waals surface area contributed by atoms with E-state index in [-0.39, 0.29) is 10.8 Å². The van der Waals surface area contributed by atoms with Crippen molar-refractivity contribution in [3.8, 4) is 6.07 Å². The first-order valence-electron chi connectivity index (χ1n) is 3.78.